The number of carbonyl (C=O) groups excluding carboxylic acids is 1. The third kappa shape index (κ3) is 5.07. The van der Waals surface area contributed by atoms with Gasteiger partial charge in [0, 0.05) is 11.9 Å². The lowest BCUT2D eigenvalue weighted by Crippen LogP contribution is -2.27. The number of carboxylic acid groups (broad SMARTS) is 1. The first-order valence-corrected chi connectivity index (χ1v) is 9.59. The Labute approximate surface area is 169 Å². The van der Waals surface area contributed by atoms with Crippen LogP contribution < -0.4 is 11.1 Å². The highest BCUT2D eigenvalue weighted by molar-refractivity contribution is 6.04. The zero-order chi connectivity index (χ0) is 20.6. The number of nitrogen functional groups attached to an aromatic ring is 1. The van der Waals surface area contributed by atoms with Crippen molar-refractivity contribution in [3.8, 4) is 0 Å². The summed E-state index contributed by atoms with van der Waals surface area (Å²) in [7, 11) is 0. The third-order valence-corrected chi connectivity index (χ3v) is 5.07. The maximum absolute atomic E-state index is 12.7. The van der Waals surface area contributed by atoms with E-state index >= 15 is 0 Å². The maximum Gasteiger partial charge on any atom is 0.290 e. The van der Waals surface area contributed by atoms with E-state index in [9.17, 15) is 4.79 Å². The Balaban J connectivity index is 0.000000755. The molecule has 7 nitrogen and oxygen atoms in total. The van der Waals surface area contributed by atoms with Gasteiger partial charge >= 0.3 is 0 Å². The first kappa shape index (κ1) is 20.3. The number of nitrogens with zero attached hydrogens (tertiary/aromatic N) is 2. The van der Waals surface area contributed by atoms with Crippen LogP contribution in [0, 0.1) is 0 Å². The van der Waals surface area contributed by atoms with Crippen molar-refractivity contribution in [2.24, 2.45) is 0 Å². The van der Waals surface area contributed by atoms with Crippen LogP contribution in [0.3, 0.4) is 0 Å². The molecule has 0 spiro atoms. The Morgan fingerprint density at radius 3 is 2.55 bits per heavy atom. The number of nitrogens with one attached hydrogen (secondary N) is 1. The van der Waals surface area contributed by atoms with Crippen molar-refractivity contribution in [3.05, 3.63) is 65.4 Å². The van der Waals surface area contributed by atoms with Crippen LogP contribution in [0.5, 0.6) is 0 Å². The Hall–Kier alpha value is -3.48. The van der Waals surface area contributed by atoms with Crippen LogP contribution in [0.4, 0.5) is 5.95 Å². The number of fused-ring (bicyclic) bond motifs is 1. The van der Waals surface area contributed by atoms with Crippen molar-refractivity contribution in [2.45, 2.75) is 31.6 Å². The molecule has 150 valence electrons. The van der Waals surface area contributed by atoms with E-state index in [1.807, 2.05) is 24.3 Å². The molecule has 1 aliphatic rings. The molecule has 0 bridgehead atoms. The van der Waals surface area contributed by atoms with Gasteiger partial charge in [0.25, 0.3) is 12.4 Å². The molecule has 4 N–H and O–H groups in total. The zero-order valence-electron chi connectivity index (χ0n) is 16.0. The molecule has 1 fully saturated rings. The monoisotopic (exact) mass is 392 g/mol. The van der Waals surface area contributed by atoms with Gasteiger partial charge in [0.1, 0.15) is 5.69 Å². The van der Waals surface area contributed by atoms with Gasteiger partial charge in [-0.1, -0.05) is 42.8 Å². The maximum atomic E-state index is 12.7. The minimum absolute atomic E-state index is 0.127. The fraction of sp³-hybridized carbons (Fsp3) is 0.273. The van der Waals surface area contributed by atoms with E-state index < -0.39 is 0 Å². The fourth-order valence-corrected chi connectivity index (χ4v) is 3.38. The van der Waals surface area contributed by atoms with E-state index in [2.05, 4.69) is 39.6 Å². The van der Waals surface area contributed by atoms with Gasteiger partial charge in [-0.3, -0.25) is 9.59 Å². The quantitative estimate of drug-likeness (QED) is 0.574. The highest BCUT2D eigenvalue weighted by atomic mass is 16.3. The smallest absolute Gasteiger partial charge is 0.290 e. The van der Waals surface area contributed by atoms with Crippen molar-refractivity contribution in [3.63, 3.8) is 0 Å². The van der Waals surface area contributed by atoms with Gasteiger partial charge in [-0.05, 0) is 48.4 Å². The predicted octanol–water partition coefficient (Wildman–Crippen LogP) is 3.15. The molecule has 0 aliphatic heterocycles. The second kappa shape index (κ2) is 9.64. The highest BCUT2D eigenvalue weighted by Crippen LogP contribution is 2.37. The van der Waals surface area contributed by atoms with Crippen LogP contribution in [0.25, 0.3) is 10.9 Å². The molecule has 29 heavy (non-hydrogen) atoms. The lowest BCUT2D eigenvalue weighted by molar-refractivity contribution is -0.122. The molecule has 1 aromatic heterocycles. The lowest BCUT2D eigenvalue weighted by atomic mass is 9.80. The molecule has 1 aliphatic carbocycles. The summed E-state index contributed by atoms with van der Waals surface area (Å²) in [5, 5.41) is 10.6. The van der Waals surface area contributed by atoms with Gasteiger partial charge in [-0.15, -0.1) is 0 Å². The lowest BCUT2D eigenvalue weighted by Gasteiger charge is -2.26. The van der Waals surface area contributed by atoms with Crippen LogP contribution in [0.2, 0.25) is 0 Å². The van der Waals surface area contributed by atoms with Crippen LogP contribution in [-0.2, 0) is 11.2 Å². The predicted molar refractivity (Wildman–Crippen MR) is 112 cm³/mol. The number of nitrogens with two attached hydrogens (primary N) is 1. The van der Waals surface area contributed by atoms with Crippen LogP contribution in [-0.4, -0.2) is 34.0 Å². The SMILES string of the molecule is Nc1nc(C(=O)NCCc2ccccc2)c2cc(C3CCC3)ccc2n1.O=CO. The standard InChI is InChI=1S/C21H22N4O.CH2O2/c22-21-24-18-10-9-16(15-7-4-8-15)13-17(18)19(25-21)20(26)23-12-11-14-5-2-1-3-6-14;2-1-3/h1-3,5-6,9-10,13,15H,4,7-8,11-12H2,(H,23,26)(H2,22,24,25);1H,(H,2,3). The number of hydrogen-bond donors (Lipinski definition) is 3. The first-order valence-electron chi connectivity index (χ1n) is 9.59. The fourth-order valence-electron chi connectivity index (χ4n) is 3.38. The Morgan fingerprint density at radius 2 is 1.90 bits per heavy atom. The molecular weight excluding hydrogens is 368 g/mol. The summed E-state index contributed by atoms with van der Waals surface area (Å²) >= 11 is 0. The molecule has 1 saturated carbocycles. The molecule has 0 saturated heterocycles. The summed E-state index contributed by atoms with van der Waals surface area (Å²) in [5.41, 5.74) is 9.34. The van der Waals surface area contributed by atoms with Gasteiger partial charge in [-0.2, -0.15) is 0 Å². The minimum atomic E-state index is -0.250. The van der Waals surface area contributed by atoms with E-state index in [-0.39, 0.29) is 18.3 Å². The van der Waals surface area contributed by atoms with Gasteiger partial charge in [0.15, 0.2) is 0 Å². The number of carbonyl (C=O) groups is 2. The van der Waals surface area contributed by atoms with E-state index in [0.29, 0.717) is 23.7 Å². The van der Waals surface area contributed by atoms with Gasteiger partial charge in [0.2, 0.25) is 5.95 Å². The number of rotatable bonds is 5. The van der Waals surface area contributed by atoms with Crippen molar-refractivity contribution >= 4 is 29.2 Å². The Kier molecular flexibility index (Phi) is 6.73. The summed E-state index contributed by atoms with van der Waals surface area (Å²) in [4.78, 5) is 29.6. The van der Waals surface area contributed by atoms with E-state index in [0.717, 1.165) is 11.8 Å². The van der Waals surface area contributed by atoms with E-state index in [1.54, 1.807) is 0 Å². The molecule has 1 heterocycles. The average Bonchev–Trinajstić information content (AvgIpc) is 2.67. The molecule has 7 heteroatoms. The number of benzene rings is 2. The van der Waals surface area contributed by atoms with Crippen LogP contribution in [0.1, 0.15) is 46.8 Å². The van der Waals surface area contributed by atoms with Crippen LogP contribution >= 0.6 is 0 Å². The minimum Gasteiger partial charge on any atom is -0.483 e. The van der Waals surface area contributed by atoms with E-state index in [4.69, 9.17) is 15.6 Å². The number of aromatic nitrogens is 2. The molecular formula is C22H24N4O3. The summed E-state index contributed by atoms with van der Waals surface area (Å²) in [5.74, 6) is 0.513. The Morgan fingerprint density at radius 1 is 1.17 bits per heavy atom. The second-order valence-corrected chi connectivity index (χ2v) is 6.93. The zero-order valence-corrected chi connectivity index (χ0v) is 16.0. The van der Waals surface area contributed by atoms with Gasteiger partial charge < -0.3 is 16.2 Å². The summed E-state index contributed by atoms with van der Waals surface area (Å²) < 4.78 is 0. The summed E-state index contributed by atoms with van der Waals surface area (Å²) in [6, 6.07) is 16.2. The first-order chi connectivity index (χ1) is 14.1. The number of amides is 1. The molecule has 3 aromatic rings. The summed E-state index contributed by atoms with van der Waals surface area (Å²) in [6.07, 6.45) is 4.46. The third-order valence-electron chi connectivity index (χ3n) is 5.07. The summed E-state index contributed by atoms with van der Waals surface area (Å²) in [6.45, 7) is 0.302. The van der Waals surface area contributed by atoms with E-state index in [1.165, 1.54) is 30.4 Å². The normalized spacial score (nSPS) is 13.1. The highest BCUT2D eigenvalue weighted by Gasteiger charge is 2.21. The largest absolute Gasteiger partial charge is 0.483 e. The van der Waals surface area contributed by atoms with Gasteiger partial charge in [-0.25, -0.2) is 9.97 Å². The molecule has 1 amide bonds. The average molecular weight is 392 g/mol. The molecule has 0 atom stereocenters. The van der Waals surface area contributed by atoms with Gasteiger partial charge in [0.05, 0.1) is 5.52 Å². The van der Waals surface area contributed by atoms with Crippen molar-refractivity contribution < 1.29 is 14.7 Å². The Bertz CT molecular complexity index is 988. The van der Waals surface area contributed by atoms with Crippen molar-refractivity contribution in [1.29, 1.82) is 0 Å². The molecule has 4 rings (SSSR count). The van der Waals surface area contributed by atoms with Crippen molar-refractivity contribution in [2.75, 3.05) is 12.3 Å². The topological polar surface area (TPSA) is 118 Å². The molecule has 0 radical (unpaired) electrons. The van der Waals surface area contributed by atoms with Crippen LogP contribution in [0.15, 0.2) is 48.5 Å². The second-order valence-electron chi connectivity index (χ2n) is 6.93. The van der Waals surface area contributed by atoms with Crippen molar-refractivity contribution in [1.82, 2.24) is 15.3 Å². The molecule has 0 unspecified atom stereocenters. The number of anilines is 1. The number of hydrogen-bond acceptors (Lipinski definition) is 5. The molecule has 2 aromatic carbocycles.